The molecule has 1 saturated heterocycles. The van der Waals surface area contributed by atoms with Crippen molar-refractivity contribution in [1.82, 2.24) is 15.5 Å². The Morgan fingerprint density at radius 1 is 1.26 bits per heavy atom. The molecule has 1 saturated carbocycles. The number of likely N-dealkylation sites (tertiary alicyclic amines) is 1. The summed E-state index contributed by atoms with van der Waals surface area (Å²) in [6, 6.07) is 0.155. The molecule has 8 heteroatoms. The topological polar surface area (TPSA) is 86.2 Å². The van der Waals surface area contributed by atoms with Crippen LogP contribution in [0.1, 0.15) is 59.8 Å². The Balaban J connectivity index is 0.00000364. The summed E-state index contributed by atoms with van der Waals surface area (Å²) in [6.07, 6.45) is 4.48. The zero-order valence-corrected chi connectivity index (χ0v) is 19.5. The Labute approximate surface area is 180 Å². The molecule has 158 valence electrons. The lowest BCUT2D eigenvalue weighted by molar-refractivity contribution is 0.0193. The highest BCUT2D eigenvalue weighted by molar-refractivity contribution is 14.0. The Kier molecular flexibility index (Phi) is 10.1. The van der Waals surface area contributed by atoms with Gasteiger partial charge in [-0.15, -0.1) is 24.0 Å². The van der Waals surface area contributed by atoms with Crippen LogP contribution in [0.5, 0.6) is 0 Å². The lowest BCUT2D eigenvalue weighted by Gasteiger charge is -2.35. The molecule has 2 aliphatic rings. The normalized spacial score (nSPS) is 26.3. The first kappa shape index (κ1) is 24.3. The van der Waals surface area contributed by atoms with E-state index in [4.69, 9.17) is 4.74 Å². The van der Waals surface area contributed by atoms with Gasteiger partial charge in [0.05, 0.1) is 6.10 Å². The second-order valence-electron chi connectivity index (χ2n) is 8.39. The number of carbonyl (C=O) groups is 1. The first-order chi connectivity index (χ1) is 12.3. The van der Waals surface area contributed by atoms with Crippen LogP contribution in [-0.4, -0.2) is 66.0 Å². The van der Waals surface area contributed by atoms with Crippen LogP contribution in [-0.2, 0) is 4.74 Å². The number of piperidine rings is 1. The van der Waals surface area contributed by atoms with E-state index >= 15 is 0 Å². The summed E-state index contributed by atoms with van der Waals surface area (Å²) in [5.41, 5.74) is -0.476. The van der Waals surface area contributed by atoms with Gasteiger partial charge >= 0.3 is 6.09 Å². The van der Waals surface area contributed by atoms with Gasteiger partial charge in [-0.2, -0.15) is 0 Å². The van der Waals surface area contributed by atoms with Gasteiger partial charge in [0.1, 0.15) is 5.60 Å². The number of nitrogens with one attached hydrogen (secondary N) is 2. The van der Waals surface area contributed by atoms with Crippen molar-refractivity contribution in [2.45, 2.75) is 77.5 Å². The Morgan fingerprint density at radius 3 is 2.59 bits per heavy atom. The molecule has 0 aromatic heterocycles. The highest BCUT2D eigenvalue weighted by Gasteiger charge is 2.28. The maximum Gasteiger partial charge on any atom is 0.410 e. The molecule has 0 radical (unpaired) electrons. The predicted molar refractivity (Wildman–Crippen MR) is 119 cm³/mol. The van der Waals surface area contributed by atoms with Crippen molar-refractivity contribution in [3.05, 3.63) is 0 Å². The summed E-state index contributed by atoms with van der Waals surface area (Å²) in [7, 11) is 0. The summed E-state index contributed by atoms with van der Waals surface area (Å²) in [5, 5.41) is 16.7. The summed E-state index contributed by atoms with van der Waals surface area (Å²) in [6.45, 7) is 10.5. The number of guanidine groups is 1. The molecule has 3 N–H and O–H groups in total. The number of aliphatic imine (C=N–C) groups is 1. The van der Waals surface area contributed by atoms with Gasteiger partial charge in [0.15, 0.2) is 5.96 Å². The zero-order chi connectivity index (χ0) is 19.2. The maximum absolute atomic E-state index is 12.3. The number of ether oxygens (including phenoxy) is 1. The monoisotopic (exact) mass is 496 g/mol. The van der Waals surface area contributed by atoms with Crippen molar-refractivity contribution < 1.29 is 14.6 Å². The van der Waals surface area contributed by atoms with E-state index in [1.54, 1.807) is 4.90 Å². The van der Waals surface area contributed by atoms with E-state index in [9.17, 15) is 9.90 Å². The molecule has 0 aromatic carbocycles. The van der Waals surface area contributed by atoms with E-state index in [1.807, 2.05) is 27.7 Å². The van der Waals surface area contributed by atoms with E-state index in [-0.39, 0.29) is 48.1 Å². The number of aliphatic hydroxyl groups is 1. The van der Waals surface area contributed by atoms with Crippen LogP contribution in [0, 0.1) is 5.92 Å². The quantitative estimate of drug-likeness (QED) is 0.317. The zero-order valence-electron chi connectivity index (χ0n) is 17.2. The number of halogens is 1. The van der Waals surface area contributed by atoms with Crippen molar-refractivity contribution in [3.63, 3.8) is 0 Å². The van der Waals surface area contributed by atoms with E-state index in [2.05, 4.69) is 15.6 Å². The predicted octanol–water partition coefficient (Wildman–Crippen LogP) is 2.72. The molecule has 27 heavy (non-hydrogen) atoms. The van der Waals surface area contributed by atoms with Gasteiger partial charge in [-0.05, 0) is 53.4 Å². The number of amides is 1. The first-order valence-electron chi connectivity index (χ1n) is 9.99. The lowest BCUT2D eigenvalue weighted by atomic mass is 10.1. The van der Waals surface area contributed by atoms with Gasteiger partial charge in [0.2, 0.25) is 0 Å². The minimum Gasteiger partial charge on any atom is -0.444 e. The van der Waals surface area contributed by atoms with Gasteiger partial charge in [0, 0.05) is 38.1 Å². The van der Waals surface area contributed by atoms with Gasteiger partial charge in [-0.25, -0.2) is 4.79 Å². The van der Waals surface area contributed by atoms with Crippen molar-refractivity contribution in [1.29, 1.82) is 0 Å². The number of hydrogen-bond acceptors (Lipinski definition) is 4. The molecule has 3 atom stereocenters. The number of nitrogens with zero attached hydrogens (tertiary/aromatic N) is 2. The highest BCUT2D eigenvalue weighted by atomic mass is 127. The van der Waals surface area contributed by atoms with Crippen molar-refractivity contribution in [3.8, 4) is 0 Å². The Bertz CT molecular complexity index is 496. The largest absolute Gasteiger partial charge is 0.444 e. The van der Waals surface area contributed by atoms with E-state index in [0.717, 1.165) is 51.2 Å². The molecule has 0 aromatic rings. The van der Waals surface area contributed by atoms with Gasteiger partial charge < -0.3 is 25.4 Å². The maximum atomic E-state index is 12.3. The van der Waals surface area contributed by atoms with E-state index < -0.39 is 5.60 Å². The highest BCUT2D eigenvalue weighted by Crippen LogP contribution is 2.25. The minimum absolute atomic E-state index is 0. The third-order valence-electron chi connectivity index (χ3n) is 4.86. The third-order valence-corrected chi connectivity index (χ3v) is 4.86. The fourth-order valence-corrected chi connectivity index (χ4v) is 3.54. The molecule has 0 spiro atoms. The van der Waals surface area contributed by atoms with Crippen LogP contribution in [0.4, 0.5) is 4.79 Å². The average Bonchev–Trinajstić information content (AvgIpc) is 2.97. The van der Waals surface area contributed by atoms with Crippen LogP contribution >= 0.6 is 24.0 Å². The Hall–Kier alpha value is -0.770. The molecule has 1 aliphatic carbocycles. The molecule has 2 fully saturated rings. The number of hydrogen-bond donors (Lipinski definition) is 3. The Morgan fingerprint density at radius 2 is 2.00 bits per heavy atom. The van der Waals surface area contributed by atoms with Gasteiger partial charge in [-0.3, -0.25) is 4.99 Å². The minimum atomic E-state index is -0.476. The summed E-state index contributed by atoms with van der Waals surface area (Å²) in [4.78, 5) is 18.8. The lowest BCUT2D eigenvalue weighted by Crippen LogP contribution is -2.53. The molecular formula is C19H37IN4O3. The smallest absolute Gasteiger partial charge is 0.410 e. The van der Waals surface area contributed by atoms with Crippen molar-refractivity contribution in [2.24, 2.45) is 10.9 Å². The number of aliphatic hydroxyl groups excluding tert-OH is 1. The summed E-state index contributed by atoms with van der Waals surface area (Å²) >= 11 is 0. The number of rotatable bonds is 4. The molecule has 7 nitrogen and oxygen atoms in total. The fourth-order valence-electron chi connectivity index (χ4n) is 3.54. The second kappa shape index (κ2) is 11.3. The van der Waals surface area contributed by atoms with Gasteiger partial charge in [-0.1, -0.05) is 6.42 Å². The number of carbonyl (C=O) groups excluding carboxylic acids is 1. The molecule has 3 unspecified atom stereocenters. The van der Waals surface area contributed by atoms with E-state index in [0.29, 0.717) is 13.1 Å². The van der Waals surface area contributed by atoms with Crippen LogP contribution in [0.3, 0.4) is 0 Å². The van der Waals surface area contributed by atoms with Crippen molar-refractivity contribution in [2.75, 3.05) is 26.2 Å². The standard InChI is InChI=1S/C19H36N4O3.HI/c1-5-20-17(21-12-14-8-6-10-16(14)24)22-15-9-7-11-23(13-15)18(25)26-19(2,3)4;/h14-16,24H,5-13H2,1-4H3,(H2,20,21,22);1H. The van der Waals surface area contributed by atoms with Crippen LogP contribution in [0.15, 0.2) is 4.99 Å². The molecule has 0 bridgehead atoms. The average molecular weight is 496 g/mol. The summed E-state index contributed by atoms with van der Waals surface area (Å²) in [5.74, 6) is 1.03. The first-order valence-corrected chi connectivity index (χ1v) is 9.99. The molecule has 1 aliphatic heterocycles. The van der Waals surface area contributed by atoms with Crippen LogP contribution < -0.4 is 10.6 Å². The SMILES string of the molecule is CCNC(=NCC1CCCC1O)NC1CCCN(C(=O)OC(C)(C)C)C1.I. The van der Waals surface area contributed by atoms with E-state index in [1.165, 1.54) is 0 Å². The summed E-state index contributed by atoms with van der Waals surface area (Å²) < 4.78 is 5.49. The van der Waals surface area contributed by atoms with Crippen molar-refractivity contribution >= 4 is 36.0 Å². The van der Waals surface area contributed by atoms with Gasteiger partial charge in [0.25, 0.3) is 0 Å². The fraction of sp³-hybridized carbons (Fsp3) is 0.895. The third kappa shape index (κ3) is 8.41. The van der Waals surface area contributed by atoms with Crippen LogP contribution in [0.25, 0.3) is 0 Å². The molecule has 2 rings (SSSR count). The molecular weight excluding hydrogens is 459 g/mol. The molecule has 1 heterocycles. The van der Waals surface area contributed by atoms with Crippen LogP contribution in [0.2, 0.25) is 0 Å². The molecule has 1 amide bonds. The second-order valence-corrected chi connectivity index (χ2v) is 8.39.